The molecule has 0 saturated carbocycles. The number of fused-ring (bicyclic) bond motifs is 3. The van der Waals surface area contributed by atoms with Crippen LogP contribution in [0.25, 0.3) is 101 Å². The molecular formula is C51H33N3O. The predicted octanol–water partition coefficient (Wildman–Crippen LogP) is 13.4. The second kappa shape index (κ2) is 13.8. The van der Waals surface area contributed by atoms with Gasteiger partial charge in [0, 0.05) is 27.5 Å². The van der Waals surface area contributed by atoms with Gasteiger partial charge in [0.25, 0.3) is 0 Å². The molecule has 8 aromatic carbocycles. The zero-order valence-corrected chi connectivity index (χ0v) is 29.8. The molecule has 0 atom stereocenters. The molecule has 10 aromatic rings. The molecule has 0 unspecified atom stereocenters. The standard InChI is InChI=1S/C51H33N3O/c1-5-15-34(16-6-1)38-23-13-24-39(31-38)40-27-29-42(44(32-40)35-17-7-2-8-18-35)41-28-30-46-45(33-41)48-43(25-14-26-47(48)55-46)51-53-49(36-19-9-3-10-20-36)52-50(54-51)37-21-11-4-12-22-37/h1-33H. The summed E-state index contributed by atoms with van der Waals surface area (Å²) in [6.07, 6.45) is 0. The molecule has 0 N–H and O–H groups in total. The van der Waals surface area contributed by atoms with Crippen molar-refractivity contribution >= 4 is 21.9 Å². The van der Waals surface area contributed by atoms with Crippen molar-refractivity contribution in [2.24, 2.45) is 0 Å². The average Bonchev–Trinajstić information content (AvgIpc) is 3.66. The Morgan fingerprint density at radius 3 is 1.44 bits per heavy atom. The Kier molecular flexibility index (Phi) is 8.12. The van der Waals surface area contributed by atoms with Gasteiger partial charge in [-0.2, -0.15) is 0 Å². The van der Waals surface area contributed by atoms with Crippen LogP contribution in [0.1, 0.15) is 0 Å². The minimum absolute atomic E-state index is 0.596. The Morgan fingerprint density at radius 2 is 0.782 bits per heavy atom. The quantitative estimate of drug-likeness (QED) is 0.166. The Morgan fingerprint density at radius 1 is 0.273 bits per heavy atom. The van der Waals surface area contributed by atoms with Crippen molar-refractivity contribution in [2.45, 2.75) is 0 Å². The highest BCUT2D eigenvalue weighted by Crippen LogP contribution is 2.41. The van der Waals surface area contributed by atoms with Crippen LogP contribution in [-0.4, -0.2) is 15.0 Å². The van der Waals surface area contributed by atoms with Crippen LogP contribution in [0.15, 0.2) is 205 Å². The minimum Gasteiger partial charge on any atom is -0.456 e. The summed E-state index contributed by atoms with van der Waals surface area (Å²) in [4.78, 5) is 15.1. The van der Waals surface area contributed by atoms with Gasteiger partial charge in [0.05, 0.1) is 0 Å². The van der Waals surface area contributed by atoms with Crippen molar-refractivity contribution in [1.29, 1.82) is 0 Å². The van der Waals surface area contributed by atoms with Gasteiger partial charge in [-0.1, -0.05) is 170 Å². The zero-order chi connectivity index (χ0) is 36.6. The van der Waals surface area contributed by atoms with E-state index in [4.69, 9.17) is 19.4 Å². The van der Waals surface area contributed by atoms with E-state index in [9.17, 15) is 0 Å². The summed E-state index contributed by atoms with van der Waals surface area (Å²) >= 11 is 0. The monoisotopic (exact) mass is 703 g/mol. The first-order valence-corrected chi connectivity index (χ1v) is 18.4. The predicted molar refractivity (Wildman–Crippen MR) is 225 cm³/mol. The van der Waals surface area contributed by atoms with E-state index in [1.807, 2.05) is 72.8 Å². The van der Waals surface area contributed by atoms with E-state index in [1.54, 1.807) is 0 Å². The lowest BCUT2D eigenvalue weighted by molar-refractivity contribution is 0.669. The molecule has 0 spiro atoms. The first kappa shape index (κ1) is 32.2. The van der Waals surface area contributed by atoms with E-state index in [-0.39, 0.29) is 0 Å². The molecule has 0 bridgehead atoms. The van der Waals surface area contributed by atoms with Crippen molar-refractivity contribution in [3.8, 4) is 78.7 Å². The first-order chi connectivity index (χ1) is 27.2. The molecule has 0 amide bonds. The van der Waals surface area contributed by atoms with Crippen LogP contribution in [0.2, 0.25) is 0 Å². The van der Waals surface area contributed by atoms with Crippen molar-refractivity contribution in [3.63, 3.8) is 0 Å². The van der Waals surface area contributed by atoms with Gasteiger partial charge >= 0.3 is 0 Å². The second-order valence-corrected chi connectivity index (χ2v) is 13.6. The van der Waals surface area contributed by atoms with Crippen molar-refractivity contribution in [1.82, 2.24) is 15.0 Å². The molecule has 0 aliphatic rings. The number of benzene rings is 8. The molecular weight excluding hydrogens is 671 g/mol. The molecule has 4 nitrogen and oxygen atoms in total. The smallest absolute Gasteiger partial charge is 0.164 e. The molecule has 0 saturated heterocycles. The summed E-state index contributed by atoms with van der Waals surface area (Å²) in [7, 11) is 0. The Labute approximate surface area is 319 Å². The van der Waals surface area contributed by atoms with Gasteiger partial charge in [-0.15, -0.1) is 0 Å². The van der Waals surface area contributed by atoms with E-state index in [0.717, 1.165) is 66.4 Å². The molecule has 258 valence electrons. The fourth-order valence-electron chi connectivity index (χ4n) is 7.45. The number of aromatic nitrogens is 3. The first-order valence-electron chi connectivity index (χ1n) is 18.4. The van der Waals surface area contributed by atoms with Crippen LogP contribution in [0.3, 0.4) is 0 Å². The number of rotatable bonds is 7. The molecule has 0 aliphatic carbocycles. The van der Waals surface area contributed by atoms with E-state index >= 15 is 0 Å². The van der Waals surface area contributed by atoms with Crippen LogP contribution in [0.4, 0.5) is 0 Å². The third-order valence-electron chi connectivity index (χ3n) is 10.2. The molecule has 4 heteroatoms. The average molecular weight is 704 g/mol. The molecule has 0 aliphatic heterocycles. The van der Waals surface area contributed by atoms with Crippen molar-refractivity contribution < 1.29 is 4.42 Å². The van der Waals surface area contributed by atoms with E-state index < -0.39 is 0 Å². The molecule has 0 fully saturated rings. The third-order valence-corrected chi connectivity index (χ3v) is 10.2. The maximum Gasteiger partial charge on any atom is 0.164 e. The summed E-state index contributed by atoms with van der Waals surface area (Å²) in [5, 5.41) is 1.98. The Hall–Kier alpha value is -7.43. The van der Waals surface area contributed by atoms with E-state index in [0.29, 0.717) is 17.5 Å². The maximum atomic E-state index is 6.50. The van der Waals surface area contributed by atoms with Crippen molar-refractivity contribution in [2.75, 3.05) is 0 Å². The lowest BCUT2D eigenvalue weighted by Crippen LogP contribution is -2.00. The number of nitrogens with zero attached hydrogens (tertiary/aromatic N) is 3. The SMILES string of the molecule is c1ccc(-c2cccc(-c3ccc(-c4ccc5oc6cccc(-c7nc(-c8ccccc8)nc(-c8ccccc8)n7)c6c5c4)c(-c4ccccc4)c3)c2)cc1. The molecule has 0 radical (unpaired) electrons. The number of furan rings is 1. The highest BCUT2D eigenvalue weighted by Gasteiger charge is 2.19. The van der Waals surface area contributed by atoms with Gasteiger partial charge in [-0.25, -0.2) is 15.0 Å². The highest BCUT2D eigenvalue weighted by molar-refractivity contribution is 6.13. The summed E-state index contributed by atoms with van der Waals surface area (Å²) in [5.41, 5.74) is 13.6. The molecule has 55 heavy (non-hydrogen) atoms. The van der Waals surface area contributed by atoms with Crippen LogP contribution >= 0.6 is 0 Å². The topological polar surface area (TPSA) is 51.8 Å². The van der Waals surface area contributed by atoms with Crippen LogP contribution in [0, 0.1) is 0 Å². The highest BCUT2D eigenvalue weighted by atomic mass is 16.3. The normalized spacial score (nSPS) is 11.3. The lowest BCUT2D eigenvalue weighted by atomic mass is 9.90. The fourth-order valence-corrected chi connectivity index (χ4v) is 7.45. The zero-order valence-electron chi connectivity index (χ0n) is 29.8. The molecule has 2 aromatic heterocycles. The maximum absolute atomic E-state index is 6.50. The lowest BCUT2D eigenvalue weighted by Gasteiger charge is -2.14. The molecule has 10 rings (SSSR count). The third kappa shape index (κ3) is 6.16. The Balaban J connectivity index is 1.14. The molecule has 2 heterocycles. The summed E-state index contributed by atoms with van der Waals surface area (Å²) in [6, 6.07) is 69.5. The van der Waals surface area contributed by atoms with Crippen molar-refractivity contribution in [3.05, 3.63) is 200 Å². The van der Waals surface area contributed by atoms with E-state index in [1.165, 1.54) is 16.7 Å². The fraction of sp³-hybridized carbons (Fsp3) is 0. The van der Waals surface area contributed by atoms with Gasteiger partial charge in [0.2, 0.25) is 0 Å². The van der Waals surface area contributed by atoms with Crippen LogP contribution < -0.4 is 0 Å². The Bertz CT molecular complexity index is 2900. The van der Waals surface area contributed by atoms with Gasteiger partial charge in [0.15, 0.2) is 17.5 Å². The summed E-state index contributed by atoms with van der Waals surface area (Å²) < 4.78 is 6.50. The van der Waals surface area contributed by atoms with Gasteiger partial charge in [-0.05, 0) is 74.8 Å². The second-order valence-electron chi connectivity index (χ2n) is 13.6. The largest absolute Gasteiger partial charge is 0.456 e. The van der Waals surface area contributed by atoms with E-state index in [2.05, 4.69) is 127 Å². The van der Waals surface area contributed by atoms with Crippen LogP contribution in [0.5, 0.6) is 0 Å². The van der Waals surface area contributed by atoms with Crippen LogP contribution in [-0.2, 0) is 0 Å². The summed E-state index contributed by atoms with van der Waals surface area (Å²) in [5.74, 6) is 1.84. The van der Waals surface area contributed by atoms with Gasteiger partial charge < -0.3 is 4.42 Å². The number of hydrogen-bond acceptors (Lipinski definition) is 4. The van der Waals surface area contributed by atoms with Gasteiger partial charge in [-0.3, -0.25) is 0 Å². The summed E-state index contributed by atoms with van der Waals surface area (Å²) in [6.45, 7) is 0. The number of hydrogen-bond donors (Lipinski definition) is 0. The minimum atomic E-state index is 0.596. The van der Waals surface area contributed by atoms with Gasteiger partial charge in [0.1, 0.15) is 11.2 Å².